The number of thiocarbonyl (C=S) groups is 1. The van der Waals surface area contributed by atoms with Crippen molar-refractivity contribution >= 4 is 30.9 Å². The number of hydrogen-bond acceptors (Lipinski definition) is 3. The summed E-state index contributed by atoms with van der Waals surface area (Å²) in [5.74, 6) is 0. The summed E-state index contributed by atoms with van der Waals surface area (Å²) < 4.78 is 8.77. The summed E-state index contributed by atoms with van der Waals surface area (Å²) in [6.45, 7) is 0. The van der Waals surface area contributed by atoms with Gasteiger partial charge in [0.2, 0.25) is 0 Å². The van der Waals surface area contributed by atoms with Gasteiger partial charge in [0.25, 0.3) is 0 Å². The summed E-state index contributed by atoms with van der Waals surface area (Å²) in [4.78, 5) is 26.7. The van der Waals surface area contributed by atoms with E-state index in [1.54, 1.807) is 0 Å². The Morgan fingerprint density at radius 2 is 1.71 bits per heavy atom. The van der Waals surface area contributed by atoms with Gasteiger partial charge in [-0.15, -0.1) is 4.89 Å². The summed E-state index contributed by atoms with van der Waals surface area (Å²) in [5, 5.41) is 2.29. The molecule has 0 unspecified atom stereocenters. The zero-order valence-corrected chi connectivity index (χ0v) is 8.61. The molecule has 1 rings (SSSR count). The molecule has 7 heteroatoms. The maximum atomic E-state index is 8.77. The van der Waals surface area contributed by atoms with Crippen molar-refractivity contribution in [2.75, 3.05) is 0 Å². The van der Waals surface area contributed by atoms with Gasteiger partial charge in [-0.3, -0.25) is 0 Å². The lowest BCUT2D eigenvalue weighted by Gasteiger charge is -1.83. The molecule has 0 bridgehead atoms. The van der Waals surface area contributed by atoms with Gasteiger partial charge in [0.05, 0.1) is 10.8 Å². The predicted molar refractivity (Wildman–Crippen MR) is 53.9 cm³/mol. The van der Waals surface area contributed by atoms with Crippen molar-refractivity contribution in [3.05, 3.63) is 30.3 Å². The largest absolute Gasteiger partial charge is 0.497 e. The van der Waals surface area contributed by atoms with Crippen LogP contribution < -0.4 is 0 Å². The van der Waals surface area contributed by atoms with E-state index in [0.717, 1.165) is 5.69 Å². The molecule has 1 radical (unpaired) electrons. The number of isothiocyanates is 1. The molecule has 0 saturated heterocycles. The second kappa shape index (κ2) is 6.56. The first-order valence-corrected chi connectivity index (χ1v) is 5.27. The molecule has 75 valence electrons. The first kappa shape index (κ1) is 13.1. The average Bonchev–Trinajstić information content (AvgIpc) is 2.03. The van der Waals surface area contributed by atoms with Crippen LogP contribution in [-0.2, 0) is 9.46 Å². The van der Waals surface area contributed by atoms with Gasteiger partial charge in [0, 0.05) is 0 Å². The topological polar surface area (TPSA) is 89.8 Å². The minimum Gasteiger partial charge on any atom is -0.301 e. The molecule has 0 aliphatic rings. The summed E-state index contributed by atoms with van der Waals surface area (Å²) in [6, 6.07) is 9.50. The Morgan fingerprint density at radius 3 is 2.07 bits per heavy atom. The molecule has 2 N–H and O–H groups in total. The van der Waals surface area contributed by atoms with E-state index in [9.17, 15) is 0 Å². The van der Waals surface area contributed by atoms with Gasteiger partial charge in [-0.1, -0.05) is 18.2 Å². The van der Waals surface area contributed by atoms with Crippen molar-refractivity contribution < 1.29 is 19.2 Å². The van der Waals surface area contributed by atoms with Crippen molar-refractivity contribution in [2.45, 2.75) is 0 Å². The van der Waals surface area contributed by atoms with Crippen LogP contribution in [-0.4, -0.2) is 14.9 Å². The fourth-order valence-corrected chi connectivity index (χ4v) is 0.661. The molecular formula is C7H7NO4PS. The van der Waals surface area contributed by atoms with E-state index in [2.05, 4.69) is 22.4 Å². The van der Waals surface area contributed by atoms with Gasteiger partial charge in [-0.2, -0.15) is 4.99 Å². The number of nitrogens with zero attached hydrogens (tertiary/aromatic N) is 1. The highest BCUT2D eigenvalue weighted by Gasteiger charge is 2.04. The van der Waals surface area contributed by atoms with Crippen LogP contribution in [0, 0.1) is 0 Å². The smallest absolute Gasteiger partial charge is 0.301 e. The summed E-state index contributed by atoms with van der Waals surface area (Å²) in [7, 11) is -4.89. The first-order chi connectivity index (χ1) is 6.43. The number of benzene rings is 1. The first-order valence-electron chi connectivity index (χ1n) is 3.33. The van der Waals surface area contributed by atoms with E-state index in [4.69, 9.17) is 19.2 Å². The van der Waals surface area contributed by atoms with Crippen LogP contribution >= 0.6 is 20.0 Å². The molecule has 0 spiro atoms. The average molecular weight is 232 g/mol. The van der Waals surface area contributed by atoms with Crippen LogP contribution in [0.5, 0.6) is 0 Å². The molecule has 0 aromatic heterocycles. The normalized spacial score (nSPS) is 9.36. The Labute approximate surface area is 86.0 Å². The zero-order chi connectivity index (χ0) is 11.0. The lowest BCUT2D eigenvalue weighted by molar-refractivity contribution is 0.235. The van der Waals surface area contributed by atoms with Crippen molar-refractivity contribution in [1.82, 2.24) is 0 Å². The van der Waals surface area contributed by atoms with Crippen LogP contribution in [0.4, 0.5) is 5.69 Å². The van der Waals surface area contributed by atoms with Crippen LogP contribution in [0.3, 0.4) is 0 Å². The third kappa shape index (κ3) is 11.1. The third-order valence-corrected chi connectivity index (χ3v) is 1.02. The van der Waals surface area contributed by atoms with Gasteiger partial charge in [0.1, 0.15) is 0 Å². The zero-order valence-electron chi connectivity index (χ0n) is 6.90. The number of aliphatic imine (C=N–C) groups is 1. The lowest BCUT2D eigenvalue weighted by Crippen LogP contribution is -1.63. The van der Waals surface area contributed by atoms with E-state index >= 15 is 0 Å². The van der Waals surface area contributed by atoms with Crippen LogP contribution in [0.15, 0.2) is 35.3 Å². The van der Waals surface area contributed by atoms with Crippen molar-refractivity contribution in [2.24, 2.45) is 4.99 Å². The van der Waals surface area contributed by atoms with Crippen LogP contribution in [0.25, 0.3) is 0 Å². The van der Waals surface area contributed by atoms with Crippen molar-refractivity contribution in [1.29, 1.82) is 0 Å². The summed E-state index contributed by atoms with van der Waals surface area (Å²) >= 11 is 4.42. The quantitative estimate of drug-likeness (QED) is 0.439. The maximum Gasteiger partial charge on any atom is 0.497 e. The number of hydrogen-bond donors (Lipinski definition) is 2. The SMILES string of the molecule is S=C=Nc1ccccc1.[O]P(=O)(O)O. The molecule has 0 heterocycles. The van der Waals surface area contributed by atoms with Gasteiger partial charge < -0.3 is 9.79 Å². The Hall–Kier alpha value is -0.870. The third-order valence-electron chi connectivity index (χ3n) is 0.931. The van der Waals surface area contributed by atoms with Crippen LogP contribution in [0.1, 0.15) is 0 Å². The van der Waals surface area contributed by atoms with Crippen molar-refractivity contribution in [3.63, 3.8) is 0 Å². The number of rotatable bonds is 1. The molecule has 1 aromatic rings. The summed E-state index contributed by atoms with van der Waals surface area (Å²) in [5.41, 5.74) is 0.854. The molecule has 0 aliphatic carbocycles. The molecule has 0 aliphatic heterocycles. The predicted octanol–water partition coefficient (Wildman–Crippen LogP) is 1.93. The van der Waals surface area contributed by atoms with E-state index in [1.807, 2.05) is 30.3 Å². The van der Waals surface area contributed by atoms with Gasteiger partial charge in [0.15, 0.2) is 0 Å². The van der Waals surface area contributed by atoms with E-state index in [0.29, 0.717) is 0 Å². The van der Waals surface area contributed by atoms with E-state index < -0.39 is 7.82 Å². The molecule has 0 saturated carbocycles. The molecule has 5 nitrogen and oxygen atoms in total. The molecule has 0 atom stereocenters. The maximum absolute atomic E-state index is 8.77. The second-order valence-corrected chi connectivity index (χ2v) is 3.19. The fourth-order valence-electron chi connectivity index (χ4n) is 0.555. The molecule has 0 amide bonds. The van der Waals surface area contributed by atoms with Gasteiger partial charge in [-0.25, -0.2) is 4.57 Å². The number of para-hydroxylation sites is 1. The van der Waals surface area contributed by atoms with E-state index in [-0.39, 0.29) is 0 Å². The van der Waals surface area contributed by atoms with Crippen LogP contribution in [0.2, 0.25) is 0 Å². The highest BCUT2D eigenvalue weighted by atomic mass is 32.1. The standard InChI is InChI=1S/C7H5NS.H2O4P/c9-6-8-7-4-2-1-3-5-7;1-5(2,3)4/h1-5H;(H2,1,2,3). The highest BCUT2D eigenvalue weighted by molar-refractivity contribution is 7.78. The minimum atomic E-state index is -4.89. The van der Waals surface area contributed by atoms with E-state index in [1.165, 1.54) is 0 Å². The Bertz CT molecular complexity index is 349. The fraction of sp³-hybridized carbons (Fsp3) is 0. The Morgan fingerprint density at radius 1 is 1.29 bits per heavy atom. The van der Waals surface area contributed by atoms with Crippen molar-refractivity contribution in [3.8, 4) is 0 Å². The molecule has 1 aromatic carbocycles. The van der Waals surface area contributed by atoms with Gasteiger partial charge >= 0.3 is 7.82 Å². The Kier molecular flexibility index (Phi) is 6.16. The Balaban J connectivity index is 0.000000292. The minimum absolute atomic E-state index is 0.854. The molecule has 0 fully saturated rings. The monoisotopic (exact) mass is 232 g/mol. The lowest BCUT2D eigenvalue weighted by atomic mass is 10.3. The highest BCUT2D eigenvalue weighted by Crippen LogP contribution is 2.27. The molecular weight excluding hydrogens is 225 g/mol. The van der Waals surface area contributed by atoms with Gasteiger partial charge in [-0.05, 0) is 24.4 Å². The molecule has 14 heavy (non-hydrogen) atoms. The summed E-state index contributed by atoms with van der Waals surface area (Å²) in [6.07, 6.45) is 0. The second-order valence-electron chi connectivity index (χ2n) is 2.03.